The van der Waals surface area contributed by atoms with Gasteiger partial charge in [-0.3, -0.25) is 14.4 Å². The standard InChI is InChI=1S/C21H26N4O3/c1-14-4-7-19(12-15(14)2)24-13-20(27)25-18-8-5-17(6-9-18)21(28)23-11-10-22-16(3)26/h4-9,12,24H,10-11,13H2,1-3H3,(H,22,26)(H,23,28)(H,25,27). The number of carbonyl (C=O) groups excluding carboxylic acids is 3. The monoisotopic (exact) mass is 382 g/mol. The molecule has 0 aliphatic heterocycles. The summed E-state index contributed by atoms with van der Waals surface area (Å²) in [6.45, 7) is 6.36. The molecule has 0 aliphatic carbocycles. The summed E-state index contributed by atoms with van der Waals surface area (Å²) in [6.07, 6.45) is 0. The van der Waals surface area contributed by atoms with Gasteiger partial charge in [0.1, 0.15) is 0 Å². The smallest absolute Gasteiger partial charge is 0.251 e. The lowest BCUT2D eigenvalue weighted by Gasteiger charge is -2.10. The highest BCUT2D eigenvalue weighted by Crippen LogP contribution is 2.14. The van der Waals surface area contributed by atoms with Gasteiger partial charge in [0, 0.05) is 37.0 Å². The molecule has 0 saturated heterocycles. The van der Waals surface area contributed by atoms with E-state index in [9.17, 15) is 14.4 Å². The largest absolute Gasteiger partial charge is 0.376 e. The molecule has 0 radical (unpaired) electrons. The van der Waals surface area contributed by atoms with E-state index in [0.29, 0.717) is 24.3 Å². The minimum Gasteiger partial charge on any atom is -0.376 e. The minimum atomic E-state index is -0.236. The molecule has 2 aromatic rings. The average Bonchev–Trinajstić information content (AvgIpc) is 2.66. The highest BCUT2D eigenvalue weighted by atomic mass is 16.2. The predicted molar refractivity (Wildman–Crippen MR) is 110 cm³/mol. The molecule has 2 rings (SSSR count). The quantitative estimate of drug-likeness (QED) is 0.526. The molecule has 0 fully saturated rings. The fourth-order valence-electron chi connectivity index (χ4n) is 2.46. The van der Waals surface area contributed by atoms with Crippen LogP contribution < -0.4 is 21.3 Å². The second kappa shape index (κ2) is 10.1. The lowest BCUT2D eigenvalue weighted by atomic mass is 10.1. The van der Waals surface area contributed by atoms with Crippen LogP contribution in [0.3, 0.4) is 0 Å². The zero-order valence-electron chi connectivity index (χ0n) is 16.4. The maximum Gasteiger partial charge on any atom is 0.251 e. The molecule has 2 aromatic carbocycles. The lowest BCUT2D eigenvalue weighted by molar-refractivity contribution is -0.119. The van der Waals surface area contributed by atoms with E-state index in [2.05, 4.69) is 21.3 Å². The van der Waals surface area contributed by atoms with E-state index in [1.165, 1.54) is 12.5 Å². The Morgan fingerprint density at radius 3 is 2.11 bits per heavy atom. The third-order valence-electron chi connectivity index (χ3n) is 4.18. The SMILES string of the molecule is CC(=O)NCCNC(=O)c1ccc(NC(=O)CNc2ccc(C)c(C)c2)cc1. The molecule has 3 amide bonds. The van der Waals surface area contributed by atoms with Gasteiger partial charge in [-0.15, -0.1) is 0 Å². The van der Waals surface area contributed by atoms with Crippen molar-refractivity contribution in [3.05, 3.63) is 59.2 Å². The van der Waals surface area contributed by atoms with Crippen LogP contribution in [0.4, 0.5) is 11.4 Å². The third kappa shape index (κ3) is 6.75. The maximum absolute atomic E-state index is 12.1. The number of benzene rings is 2. The van der Waals surface area contributed by atoms with Crippen LogP contribution >= 0.6 is 0 Å². The number of rotatable bonds is 8. The van der Waals surface area contributed by atoms with Gasteiger partial charge in [-0.2, -0.15) is 0 Å². The summed E-state index contributed by atoms with van der Waals surface area (Å²) in [5.41, 5.74) is 4.35. The van der Waals surface area contributed by atoms with Crippen LogP contribution in [-0.2, 0) is 9.59 Å². The molecule has 4 N–H and O–H groups in total. The Labute approximate surface area is 164 Å². The summed E-state index contributed by atoms with van der Waals surface area (Å²) in [6, 6.07) is 12.6. The van der Waals surface area contributed by atoms with Crippen LogP contribution in [0.25, 0.3) is 0 Å². The highest BCUT2D eigenvalue weighted by molar-refractivity contribution is 5.96. The lowest BCUT2D eigenvalue weighted by Crippen LogP contribution is -2.33. The van der Waals surface area contributed by atoms with Crippen molar-refractivity contribution < 1.29 is 14.4 Å². The van der Waals surface area contributed by atoms with Gasteiger partial charge in [0.25, 0.3) is 5.91 Å². The van der Waals surface area contributed by atoms with Crippen molar-refractivity contribution in [1.29, 1.82) is 0 Å². The minimum absolute atomic E-state index is 0.138. The van der Waals surface area contributed by atoms with Crippen LogP contribution in [0.1, 0.15) is 28.4 Å². The molecule has 7 nitrogen and oxygen atoms in total. The molecule has 28 heavy (non-hydrogen) atoms. The first-order chi connectivity index (χ1) is 13.3. The first-order valence-corrected chi connectivity index (χ1v) is 9.09. The van der Waals surface area contributed by atoms with Crippen LogP contribution in [0.2, 0.25) is 0 Å². The fraction of sp³-hybridized carbons (Fsp3) is 0.286. The highest BCUT2D eigenvalue weighted by Gasteiger charge is 2.07. The van der Waals surface area contributed by atoms with E-state index in [1.807, 2.05) is 32.0 Å². The van der Waals surface area contributed by atoms with Gasteiger partial charge in [-0.1, -0.05) is 6.07 Å². The van der Waals surface area contributed by atoms with Crippen molar-refractivity contribution in [2.24, 2.45) is 0 Å². The predicted octanol–water partition coefficient (Wildman–Crippen LogP) is 2.22. The molecule has 0 bridgehead atoms. The number of hydrogen-bond donors (Lipinski definition) is 4. The number of aryl methyl sites for hydroxylation is 2. The van der Waals surface area contributed by atoms with E-state index in [4.69, 9.17) is 0 Å². The number of anilines is 2. The van der Waals surface area contributed by atoms with Gasteiger partial charge in [0.05, 0.1) is 6.54 Å². The summed E-state index contributed by atoms with van der Waals surface area (Å²) >= 11 is 0. The Morgan fingerprint density at radius 1 is 0.821 bits per heavy atom. The van der Waals surface area contributed by atoms with E-state index < -0.39 is 0 Å². The maximum atomic E-state index is 12.1. The topological polar surface area (TPSA) is 99.3 Å². The number of amides is 3. The fourth-order valence-corrected chi connectivity index (χ4v) is 2.46. The Balaban J connectivity index is 1.79. The van der Waals surface area contributed by atoms with Crippen molar-refractivity contribution in [2.45, 2.75) is 20.8 Å². The third-order valence-corrected chi connectivity index (χ3v) is 4.18. The molecule has 0 heterocycles. The summed E-state index contributed by atoms with van der Waals surface area (Å²) in [5, 5.41) is 11.2. The van der Waals surface area contributed by atoms with Crippen LogP contribution in [0.5, 0.6) is 0 Å². The van der Waals surface area contributed by atoms with Crippen LogP contribution in [0.15, 0.2) is 42.5 Å². The van der Waals surface area contributed by atoms with Gasteiger partial charge in [-0.25, -0.2) is 0 Å². The van der Waals surface area contributed by atoms with Gasteiger partial charge >= 0.3 is 0 Å². The van der Waals surface area contributed by atoms with Crippen molar-refractivity contribution in [3.63, 3.8) is 0 Å². The van der Waals surface area contributed by atoms with Crippen molar-refractivity contribution >= 4 is 29.1 Å². The molecular weight excluding hydrogens is 356 g/mol. The Morgan fingerprint density at radius 2 is 1.46 bits per heavy atom. The summed E-state index contributed by atoms with van der Waals surface area (Å²) < 4.78 is 0. The molecule has 0 unspecified atom stereocenters. The number of nitrogens with one attached hydrogen (secondary N) is 4. The van der Waals surface area contributed by atoms with Gasteiger partial charge in [-0.05, 0) is 61.4 Å². The van der Waals surface area contributed by atoms with Crippen LogP contribution in [0, 0.1) is 13.8 Å². The molecular formula is C21H26N4O3. The summed E-state index contributed by atoms with van der Waals surface area (Å²) in [4.78, 5) is 34.9. The zero-order valence-corrected chi connectivity index (χ0v) is 16.4. The first kappa shape index (κ1) is 21.0. The molecule has 148 valence electrons. The Hall–Kier alpha value is -3.35. The van der Waals surface area contributed by atoms with E-state index >= 15 is 0 Å². The second-order valence-corrected chi connectivity index (χ2v) is 6.52. The summed E-state index contributed by atoms with van der Waals surface area (Å²) in [5.74, 6) is -0.549. The van der Waals surface area contributed by atoms with Crippen molar-refractivity contribution in [3.8, 4) is 0 Å². The first-order valence-electron chi connectivity index (χ1n) is 9.09. The Bertz CT molecular complexity index is 847. The second-order valence-electron chi connectivity index (χ2n) is 6.52. The average molecular weight is 382 g/mol. The molecule has 0 aliphatic rings. The van der Waals surface area contributed by atoms with E-state index in [-0.39, 0.29) is 24.3 Å². The number of hydrogen-bond acceptors (Lipinski definition) is 4. The molecule has 0 spiro atoms. The molecule has 0 aromatic heterocycles. The Kier molecular flexibility index (Phi) is 7.56. The molecule has 0 atom stereocenters. The van der Waals surface area contributed by atoms with E-state index in [1.54, 1.807) is 24.3 Å². The zero-order chi connectivity index (χ0) is 20.5. The van der Waals surface area contributed by atoms with Crippen molar-refractivity contribution in [2.75, 3.05) is 30.3 Å². The molecule has 7 heteroatoms. The van der Waals surface area contributed by atoms with E-state index in [0.717, 1.165) is 11.3 Å². The molecule has 0 saturated carbocycles. The summed E-state index contributed by atoms with van der Waals surface area (Å²) in [7, 11) is 0. The van der Waals surface area contributed by atoms with Gasteiger partial charge in [0.15, 0.2) is 0 Å². The van der Waals surface area contributed by atoms with Gasteiger partial charge in [0.2, 0.25) is 11.8 Å². The number of carbonyl (C=O) groups is 3. The van der Waals surface area contributed by atoms with Gasteiger partial charge < -0.3 is 21.3 Å². The normalized spacial score (nSPS) is 10.1. The van der Waals surface area contributed by atoms with Crippen LogP contribution in [-0.4, -0.2) is 37.4 Å². The van der Waals surface area contributed by atoms with Crippen molar-refractivity contribution in [1.82, 2.24) is 10.6 Å².